The van der Waals surface area contributed by atoms with E-state index in [1.165, 1.54) is 19.1 Å². The van der Waals surface area contributed by atoms with Crippen molar-refractivity contribution in [2.45, 2.75) is 20.8 Å². The van der Waals surface area contributed by atoms with E-state index in [0.29, 0.717) is 5.71 Å². The molecule has 0 aromatic carbocycles. The van der Waals surface area contributed by atoms with Gasteiger partial charge in [0.25, 0.3) is 0 Å². The third kappa shape index (κ3) is 66.4. The topological polar surface area (TPSA) is 40.9 Å². The number of ketones is 1. The summed E-state index contributed by atoms with van der Waals surface area (Å²) < 4.78 is 0. The Morgan fingerprint density at radius 3 is 1.27 bits per heavy atom. The molecule has 0 bridgehead atoms. The normalized spacial score (nSPS) is 6.60. The van der Waals surface area contributed by atoms with Gasteiger partial charge in [-0.05, 0) is 32.9 Å². The minimum absolute atomic E-state index is 0.0185. The highest BCUT2D eigenvalue weighted by molar-refractivity contribution is 7.80. The van der Waals surface area contributed by atoms with Crippen LogP contribution in [0.3, 0.4) is 0 Å². The molecule has 0 amide bonds. The number of allylic oxidation sites excluding steroid dienone is 3. The molecule has 15 heavy (non-hydrogen) atoms. The van der Waals surface area contributed by atoms with Crippen molar-refractivity contribution in [1.29, 1.82) is 5.41 Å². The van der Waals surface area contributed by atoms with Gasteiger partial charge in [0, 0.05) is 10.6 Å². The quantitative estimate of drug-likeness (QED) is 0.453. The van der Waals surface area contributed by atoms with Gasteiger partial charge in [0.2, 0.25) is 0 Å². The summed E-state index contributed by atoms with van der Waals surface area (Å²) in [5.41, 5.74) is 0.519. The molecule has 0 aliphatic carbocycles. The van der Waals surface area contributed by atoms with E-state index in [-0.39, 0.29) is 5.78 Å². The monoisotopic (exact) mass is 225 g/mol. The summed E-state index contributed by atoms with van der Waals surface area (Å²) in [5, 5.41) is 6.62. The molecule has 0 aromatic rings. The first-order chi connectivity index (χ1) is 6.81. The first-order valence-corrected chi connectivity index (χ1v) is 4.66. The molecule has 84 valence electrons. The van der Waals surface area contributed by atoms with Crippen LogP contribution in [0.25, 0.3) is 0 Å². The van der Waals surface area contributed by atoms with Crippen molar-refractivity contribution in [3.05, 3.63) is 38.0 Å². The van der Waals surface area contributed by atoms with Gasteiger partial charge in [0.1, 0.15) is 0 Å². The highest BCUT2D eigenvalue weighted by atomic mass is 32.1. The van der Waals surface area contributed by atoms with Crippen LogP contribution in [0.5, 0.6) is 0 Å². The molecule has 0 saturated heterocycles. The van der Waals surface area contributed by atoms with Crippen molar-refractivity contribution >= 4 is 28.6 Å². The Kier molecular flexibility index (Phi) is 19.4. The Morgan fingerprint density at radius 2 is 1.27 bits per heavy atom. The van der Waals surface area contributed by atoms with Gasteiger partial charge in [-0.1, -0.05) is 38.0 Å². The highest BCUT2D eigenvalue weighted by Gasteiger charge is 1.69. The summed E-state index contributed by atoms with van der Waals surface area (Å²) in [7, 11) is 0. The van der Waals surface area contributed by atoms with E-state index in [9.17, 15) is 4.79 Å². The lowest BCUT2D eigenvalue weighted by molar-refractivity contribution is -0.112. The SMILES string of the molecule is C=CC(C)=N.C=CC(C)=O.C=CC(C)=S. The van der Waals surface area contributed by atoms with Gasteiger partial charge in [-0.3, -0.25) is 4.79 Å². The average molecular weight is 225 g/mol. The Morgan fingerprint density at radius 1 is 1.07 bits per heavy atom. The zero-order valence-corrected chi connectivity index (χ0v) is 10.5. The van der Waals surface area contributed by atoms with Crippen LogP contribution in [-0.2, 0) is 4.79 Å². The minimum atomic E-state index is 0.0185. The molecule has 0 fully saturated rings. The van der Waals surface area contributed by atoms with Crippen molar-refractivity contribution in [3.8, 4) is 0 Å². The predicted molar refractivity (Wildman–Crippen MR) is 72.9 cm³/mol. The van der Waals surface area contributed by atoms with Crippen LogP contribution < -0.4 is 0 Å². The maximum Gasteiger partial charge on any atom is 0.152 e. The van der Waals surface area contributed by atoms with Gasteiger partial charge in [0.05, 0.1) is 0 Å². The van der Waals surface area contributed by atoms with Gasteiger partial charge in [-0.15, -0.1) is 0 Å². The Bertz CT molecular complexity index is 212. The second kappa shape index (κ2) is 15.1. The van der Waals surface area contributed by atoms with Crippen LogP contribution in [0.4, 0.5) is 0 Å². The zero-order valence-electron chi connectivity index (χ0n) is 9.67. The van der Waals surface area contributed by atoms with E-state index < -0.39 is 0 Å². The zero-order chi connectivity index (χ0) is 12.9. The smallest absolute Gasteiger partial charge is 0.152 e. The fourth-order valence-corrected chi connectivity index (χ4v) is 0. The molecule has 0 atom stereocenters. The molecule has 0 heterocycles. The third-order valence-corrected chi connectivity index (χ3v) is 1.05. The third-order valence-electron chi connectivity index (χ3n) is 0.881. The molecule has 0 rings (SSSR count). The van der Waals surface area contributed by atoms with Crippen LogP contribution in [-0.4, -0.2) is 16.4 Å². The number of hydrogen-bond donors (Lipinski definition) is 1. The lowest BCUT2D eigenvalue weighted by Gasteiger charge is -1.69. The van der Waals surface area contributed by atoms with Crippen molar-refractivity contribution in [1.82, 2.24) is 0 Å². The molecule has 0 saturated carbocycles. The lowest BCUT2D eigenvalue weighted by Crippen LogP contribution is -1.74. The number of hydrogen-bond acceptors (Lipinski definition) is 3. The Labute approximate surface area is 97.9 Å². The standard InChI is InChI=1S/C4H7N.C4H6O.C4H6S/c3*1-3-4(2)5/h3,5H,1H2,2H3;2*3H,1H2,2H3. The molecule has 2 nitrogen and oxygen atoms in total. The molecule has 0 radical (unpaired) electrons. The number of nitrogens with one attached hydrogen (secondary N) is 1. The van der Waals surface area contributed by atoms with Crippen molar-refractivity contribution < 1.29 is 4.79 Å². The molecule has 0 aliphatic rings. The van der Waals surface area contributed by atoms with E-state index in [0.717, 1.165) is 4.86 Å². The molecule has 0 aliphatic heterocycles. The first-order valence-electron chi connectivity index (χ1n) is 4.25. The minimum Gasteiger partial charge on any atom is -0.306 e. The van der Waals surface area contributed by atoms with Crippen LogP contribution in [0.2, 0.25) is 0 Å². The van der Waals surface area contributed by atoms with E-state index in [1.807, 2.05) is 6.92 Å². The maximum atomic E-state index is 9.69. The first kappa shape index (κ1) is 19.3. The Balaban J connectivity index is -0.000000144. The van der Waals surface area contributed by atoms with Crippen molar-refractivity contribution in [2.75, 3.05) is 0 Å². The van der Waals surface area contributed by atoms with Crippen molar-refractivity contribution in [2.24, 2.45) is 0 Å². The number of carbonyl (C=O) groups excluding carboxylic acids is 1. The van der Waals surface area contributed by atoms with Gasteiger partial charge < -0.3 is 5.41 Å². The second-order valence-corrected chi connectivity index (χ2v) is 3.16. The molecular weight excluding hydrogens is 206 g/mol. The average Bonchev–Trinajstić information content (AvgIpc) is 2.19. The van der Waals surface area contributed by atoms with Crippen LogP contribution in [0, 0.1) is 5.41 Å². The largest absolute Gasteiger partial charge is 0.306 e. The fourth-order valence-electron chi connectivity index (χ4n) is 0. The second-order valence-electron chi connectivity index (χ2n) is 2.52. The molecule has 0 aromatic heterocycles. The molecule has 1 N–H and O–H groups in total. The molecular formula is C12H19NOS. The summed E-state index contributed by atoms with van der Waals surface area (Å²) in [4.78, 5) is 10.5. The van der Waals surface area contributed by atoms with Gasteiger partial charge in [0.15, 0.2) is 5.78 Å². The summed E-state index contributed by atoms with van der Waals surface area (Å²) in [6.07, 6.45) is 4.43. The van der Waals surface area contributed by atoms with Gasteiger partial charge >= 0.3 is 0 Å². The van der Waals surface area contributed by atoms with Gasteiger partial charge in [-0.2, -0.15) is 0 Å². The summed E-state index contributed by atoms with van der Waals surface area (Å²) in [6.45, 7) is 15.0. The molecule has 0 spiro atoms. The number of thiocarbonyl (C=S) groups is 1. The Hall–Kier alpha value is -1.35. The summed E-state index contributed by atoms with van der Waals surface area (Å²) in [6, 6.07) is 0. The summed E-state index contributed by atoms with van der Waals surface area (Å²) >= 11 is 4.58. The van der Waals surface area contributed by atoms with E-state index in [1.54, 1.807) is 13.0 Å². The molecule has 3 heteroatoms. The van der Waals surface area contributed by atoms with Gasteiger partial charge in [-0.25, -0.2) is 0 Å². The van der Waals surface area contributed by atoms with E-state index in [2.05, 4.69) is 32.0 Å². The highest BCUT2D eigenvalue weighted by Crippen LogP contribution is 1.69. The van der Waals surface area contributed by atoms with E-state index in [4.69, 9.17) is 5.41 Å². The maximum absolute atomic E-state index is 9.69. The molecule has 0 unspecified atom stereocenters. The number of carbonyl (C=O) groups is 1. The summed E-state index contributed by atoms with van der Waals surface area (Å²) in [5.74, 6) is 0.0185. The number of rotatable bonds is 3. The van der Waals surface area contributed by atoms with E-state index >= 15 is 0 Å². The van der Waals surface area contributed by atoms with Crippen LogP contribution in [0.15, 0.2) is 38.0 Å². The van der Waals surface area contributed by atoms with Crippen LogP contribution >= 0.6 is 12.2 Å². The lowest BCUT2D eigenvalue weighted by atomic mass is 10.4. The predicted octanol–water partition coefficient (Wildman–Crippen LogP) is 3.54. The van der Waals surface area contributed by atoms with Crippen LogP contribution in [0.1, 0.15) is 20.8 Å². The van der Waals surface area contributed by atoms with Crippen molar-refractivity contribution in [3.63, 3.8) is 0 Å². The fraction of sp³-hybridized carbons (Fsp3) is 0.250.